The van der Waals surface area contributed by atoms with E-state index in [1.54, 1.807) is 11.3 Å². The molecule has 5 heteroatoms. The van der Waals surface area contributed by atoms with E-state index in [1.165, 1.54) is 10.4 Å². The maximum absolute atomic E-state index is 12.1. The lowest BCUT2D eigenvalue weighted by Gasteiger charge is -2.17. The summed E-state index contributed by atoms with van der Waals surface area (Å²) in [7, 11) is 3.80. The Kier molecular flexibility index (Phi) is 3.69. The predicted molar refractivity (Wildman–Crippen MR) is 70.5 cm³/mol. The maximum atomic E-state index is 12.1. The lowest BCUT2D eigenvalue weighted by molar-refractivity contribution is 0.196. The summed E-state index contributed by atoms with van der Waals surface area (Å²) in [5.41, 5.74) is 1.29. The van der Waals surface area contributed by atoms with Gasteiger partial charge in [0.05, 0.1) is 6.04 Å². The van der Waals surface area contributed by atoms with Crippen molar-refractivity contribution in [1.29, 1.82) is 0 Å². The Balaban J connectivity index is 2.11. The van der Waals surface area contributed by atoms with E-state index >= 15 is 0 Å². The smallest absolute Gasteiger partial charge is 0.320 e. The van der Waals surface area contributed by atoms with Gasteiger partial charge in [0, 0.05) is 31.6 Å². The van der Waals surface area contributed by atoms with Gasteiger partial charge in [0.1, 0.15) is 0 Å². The minimum absolute atomic E-state index is 0.137. The molecule has 17 heavy (non-hydrogen) atoms. The number of nitrogens with one attached hydrogen (secondary N) is 1. The molecule has 0 bridgehead atoms. The number of hydrogen-bond acceptors (Lipinski definition) is 3. The highest BCUT2D eigenvalue weighted by atomic mass is 32.1. The summed E-state index contributed by atoms with van der Waals surface area (Å²) in [6.45, 7) is 4.54. The number of carbonyl (C=O) groups excluding carboxylic acids is 1. The first-order valence-electron chi connectivity index (χ1n) is 5.85. The van der Waals surface area contributed by atoms with Gasteiger partial charge in [-0.25, -0.2) is 4.79 Å². The monoisotopic (exact) mass is 253 g/mol. The zero-order valence-corrected chi connectivity index (χ0v) is 11.4. The molecule has 0 aliphatic carbocycles. The second-order valence-electron chi connectivity index (χ2n) is 4.43. The van der Waals surface area contributed by atoms with Crippen LogP contribution in [0.1, 0.15) is 16.5 Å². The van der Waals surface area contributed by atoms with E-state index in [0.717, 1.165) is 19.6 Å². The van der Waals surface area contributed by atoms with Crippen LogP contribution in [0.3, 0.4) is 0 Å². The highest BCUT2D eigenvalue weighted by Gasteiger charge is 2.36. The van der Waals surface area contributed by atoms with Crippen molar-refractivity contribution in [2.45, 2.75) is 13.0 Å². The normalized spacial score (nSPS) is 20.4. The molecule has 2 amide bonds. The van der Waals surface area contributed by atoms with E-state index in [9.17, 15) is 4.79 Å². The van der Waals surface area contributed by atoms with E-state index < -0.39 is 0 Å². The molecule has 1 aliphatic heterocycles. The minimum atomic E-state index is 0.137. The average Bonchev–Trinajstić information content (AvgIpc) is 2.84. The number of carbonyl (C=O) groups is 1. The molecule has 1 unspecified atom stereocenters. The van der Waals surface area contributed by atoms with Gasteiger partial charge in [-0.1, -0.05) is 0 Å². The molecule has 2 rings (SSSR count). The molecule has 0 spiro atoms. The molecule has 1 fully saturated rings. The minimum Gasteiger partial charge on any atom is -0.321 e. The van der Waals surface area contributed by atoms with E-state index in [0.29, 0.717) is 0 Å². The molecule has 1 aromatic rings. The van der Waals surface area contributed by atoms with Crippen molar-refractivity contribution in [3.05, 3.63) is 21.9 Å². The Morgan fingerprint density at radius 2 is 2.35 bits per heavy atom. The Hall–Kier alpha value is -1.07. The quantitative estimate of drug-likeness (QED) is 0.886. The second-order valence-corrected chi connectivity index (χ2v) is 5.37. The molecular weight excluding hydrogens is 234 g/mol. The second kappa shape index (κ2) is 5.06. The molecule has 1 atom stereocenters. The fourth-order valence-electron chi connectivity index (χ4n) is 2.18. The first-order valence-corrected chi connectivity index (χ1v) is 6.73. The molecule has 0 radical (unpaired) electrons. The Morgan fingerprint density at radius 1 is 1.59 bits per heavy atom. The first-order chi connectivity index (χ1) is 8.15. The van der Waals surface area contributed by atoms with Gasteiger partial charge in [0.2, 0.25) is 0 Å². The van der Waals surface area contributed by atoms with Crippen molar-refractivity contribution in [1.82, 2.24) is 15.1 Å². The standard InChI is InChI=1S/C12H19N3OS/c1-9-4-7-17-11(9)10-8-15(6-5-13-2)12(16)14(10)3/h4,7,10,13H,5-6,8H2,1-3H3. The fraction of sp³-hybridized carbons (Fsp3) is 0.583. The van der Waals surface area contributed by atoms with Crippen LogP contribution in [-0.2, 0) is 0 Å². The number of thiophene rings is 1. The highest BCUT2D eigenvalue weighted by molar-refractivity contribution is 7.10. The van der Waals surface area contributed by atoms with Crippen LogP contribution >= 0.6 is 11.3 Å². The van der Waals surface area contributed by atoms with E-state index in [1.807, 2.05) is 23.9 Å². The number of aryl methyl sites for hydroxylation is 1. The molecule has 1 aliphatic rings. The largest absolute Gasteiger partial charge is 0.321 e. The molecule has 1 saturated heterocycles. The summed E-state index contributed by atoms with van der Waals surface area (Å²) >= 11 is 1.74. The molecule has 1 aromatic heterocycles. The molecule has 2 heterocycles. The van der Waals surface area contributed by atoms with Gasteiger partial charge in [0.25, 0.3) is 0 Å². The van der Waals surface area contributed by atoms with E-state index in [2.05, 4.69) is 23.7 Å². The molecule has 94 valence electrons. The predicted octanol–water partition coefficient (Wildman–Crippen LogP) is 1.68. The summed E-state index contributed by atoms with van der Waals surface area (Å²) in [5.74, 6) is 0. The first kappa shape index (κ1) is 12.4. The Bertz CT molecular complexity index is 404. The van der Waals surface area contributed by atoms with Gasteiger partial charge in [0.15, 0.2) is 0 Å². The molecule has 1 N–H and O–H groups in total. The topological polar surface area (TPSA) is 35.6 Å². The SMILES string of the molecule is CNCCN1CC(c2sccc2C)N(C)C1=O. The average molecular weight is 253 g/mol. The van der Waals surface area contributed by atoms with Crippen molar-refractivity contribution in [2.24, 2.45) is 0 Å². The van der Waals surface area contributed by atoms with Crippen LogP contribution in [0.2, 0.25) is 0 Å². The van der Waals surface area contributed by atoms with Crippen LogP contribution in [0.5, 0.6) is 0 Å². The lowest BCUT2D eigenvalue weighted by atomic mass is 10.1. The number of amides is 2. The van der Waals surface area contributed by atoms with Crippen LogP contribution in [0.25, 0.3) is 0 Å². The molecule has 0 aromatic carbocycles. The van der Waals surface area contributed by atoms with Crippen molar-refractivity contribution < 1.29 is 4.79 Å². The number of urea groups is 1. The fourth-order valence-corrected chi connectivity index (χ4v) is 3.25. The van der Waals surface area contributed by atoms with Crippen molar-refractivity contribution in [3.8, 4) is 0 Å². The summed E-state index contributed by atoms with van der Waals surface area (Å²) in [5, 5.41) is 5.18. The van der Waals surface area contributed by atoms with Crippen LogP contribution in [0, 0.1) is 6.92 Å². The maximum Gasteiger partial charge on any atom is 0.320 e. The van der Waals surface area contributed by atoms with Crippen molar-refractivity contribution >= 4 is 17.4 Å². The highest BCUT2D eigenvalue weighted by Crippen LogP contribution is 2.33. The van der Waals surface area contributed by atoms with Crippen LogP contribution < -0.4 is 5.32 Å². The van der Waals surface area contributed by atoms with Crippen molar-refractivity contribution in [2.75, 3.05) is 33.7 Å². The third kappa shape index (κ3) is 2.30. The number of hydrogen-bond donors (Lipinski definition) is 1. The van der Waals surface area contributed by atoms with Crippen LogP contribution in [-0.4, -0.2) is 49.6 Å². The third-order valence-electron chi connectivity index (χ3n) is 3.27. The van der Waals surface area contributed by atoms with Crippen molar-refractivity contribution in [3.63, 3.8) is 0 Å². The van der Waals surface area contributed by atoms with Gasteiger partial charge in [-0.2, -0.15) is 0 Å². The summed E-state index contributed by atoms with van der Waals surface area (Å²) in [4.78, 5) is 17.1. The summed E-state index contributed by atoms with van der Waals surface area (Å²) in [6.07, 6.45) is 0. The van der Waals surface area contributed by atoms with Crippen LogP contribution in [0.4, 0.5) is 4.79 Å². The third-order valence-corrected chi connectivity index (χ3v) is 4.39. The van der Waals surface area contributed by atoms with E-state index in [-0.39, 0.29) is 12.1 Å². The van der Waals surface area contributed by atoms with Gasteiger partial charge in [-0.15, -0.1) is 11.3 Å². The Morgan fingerprint density at radius 3 is 2.94 bits per heavy atom. The van der Waals surface area contributed by atoms with Crippen LogP contribution in [0.15, 0.2) is 11.4 Å². The van der Waals surface area contributed by atoms with E-state index in [4.69, 9.17) is 0 Å². The summed E-state index contributed by atoms with van der Waals surface area (Å²) in [6, 6.07) is 2.48. The number of rotatable bonds is 4. The van der Waals surface area contributed by atoms with Gasteiger partial charge >= 0.3 is 6.03 Å². The zero-order valence-electron chi connectivity index (χ0n) is 10.6. The Labute approximate surface area is 106 Å². The molecule has 0 saturated carbocycles. The number of nitrogens with zero attached hydrogens (tertiary/aromatic N) is 2. The summed E-state index contributed by atoms with van der Waals surface area (Å²) < 4.78 is 0. The number of likely N-dealkylation sites (N-methyl/N-ethyl adjacent to an activating group) is 2. The zero-order chi connectivity index (χ0) is 12.4. The molecule has 4 nitrogen and oxygen atoms in total. The van der Waals surface area contributed by atoms with Gasteiger partial charge in [-0.3, -0.25) is 0 Å². The van der Waals surface area contributed by atoms with Gasteiger partial charge in [-0.05, 0) is 31.0 Å². The van der Waals surface area contributed by atoms with Gasteiger partial charge < -0.3 is 15.1 Å². The lowest BCUT2D eigenvalue weighted by Crippen LogP contribution is -2.34. The molecular formula is C12H19N3OS.